The minimum Gasteiger partial charge on any atom is -0.547 e. The van der Waals surface area contributed by atoms with E-state index < -0.39 is 71.0 Å². The SMILES string of the molecule is CC(=O)OCC1=C(C(=O)[O-])N2C(=O)[C@@H](NC(=O)C(NC(=O)C3CCC(C(=O)[O-])O3)c3ccccc3)[C@H]2SC1.[Na+].[Na+]. The number of carbonyl (C=O) groups is 6. The molecule has 2 N–H and O–H groups in total. The van der Waals surface area contributed by atoms with E-state index in [1.54, 1.807) is 30.3 Å². The molecule has 0 aromatic heterocycles. The van der Waals surface area contributed by atoms with Crippen molar-refractivity contribution in [1.29, 1.82) is 0 Å². The van der Waals surface area contributed by atoms with Gasteiger partial charge in [-0.05, 0) is 18.4 Å². The molecule has 202 valence electrons. The summed E-state index contributed by atoms with van der Waals surface area (Å²) in [5.41, 5.74) is 0.186. The molecule has 3 heterocycles. The molecule has 2 fully saturated rings. The molecule has 5 atom stereocenters. The van der Waals surface area contributed by atoms with Crippen molar-refractivity contribution in [3.63, 3.8) is 0 Å². The van der Waals surface area contributed by atoms with Crippen molar-refractivity contribution in [2.24, 2.45) is 0 Å². The molecule has 4 rings (SSSR count). The van der Waals surface area contributed by atoms with E-state index in [4.69, 9.17) is 9.47 Å². The van der Waals surface area contributed by atoms with E-state index in [0.29, 0.717) is 5.56 Å². The Morgan fingerprint density at radius 2 is 1.75 bits per heavy atom. The van der Waals surface area contributed by atoms with Gasteiger partial charge in [-0.1, -0.05) is 30.3 Å². The van der Waals surface area contributed by atoms with Crippen LogP contribution in [-0.4, -0.2) is 76.5 Å². The summed E-state index contributed by atoms with van der Waals surface area (Å²) in [6, 6.07) is 5.84. The van der Waals surface area contributed by atoms with Crippen molar-refractivity contribution in [2.75, 3.05) is 12.4 Å². The van der Waals surface area contributed by atoms with Crippen LogP contribution in [0.1, 0.15) is 31.4 Å². The maximum absolute atomic E-state index is 13.3. The first kappa shape index (κ1) is 34.3. The number of thioether (sulfide) groups is 1. The van der Waals surface area contributed by atoms with Crippen LogP contribution in [0.3, 0.4) is 0 Å². The van der Waals surface area contributed by atoms with Gasteiger partial charge in [-0.15, -0.1) is 11.8 Å². The molecular weight excluding hydrogens is 568 g/mol. The van der Waals surface area contributed by atoms with Gasteiger partial charge in [0.05, 0.1) is 23.7 Å². The minimum atomic E-state index is -1.61. The average molecular weight is 592 g/mol. The van der Waals surface area contributed by atoms with Gasteiger partial charge in [0.2, 0.25) is 11.8 Å². The zero-order valence-electron chi connectivity index (χ0n) is 22.0. The number of carboxylic acids is 2. The number of rotatable bonds is 9. The number of esters is 1. The summed E-state index contributed by atoms with van der Waals surface area (Å²) in [6.07, 6.45) is -2.12. The number of nitrogens with zero attached hydrogens (tertiary/aromatic N) is 1. The van der Waals surface area contributed by atoms with E-state index in [-0.39, 0.29) is 89.9 Å². The third-order valence-electron chi connectivity index (χ3n) is 6.24. The van der Waals surface area contributed by atoms with Crippen LogP contribution in [0.2, 0.25) is 0 Å². The number of carbonyl (C=O) groups excluding carboxylic acids is 6. The molecule has 3 aliphatic heterocycles. The molecule has 3 aliphatic rings. The Balaban J connectivity index is 0.00000280. The molecule has 40 heavy (non-hydrogen) atoms. The number of ether oxygens (including phenoxy) is 2. The van der Waals surface area contributed by atoms with E-state index in [2.05, 4.69) is 10.6 Å². The molecule has 2 saturated heterocycles. The number of nitrogens with one attached hydrogen (secondary N) is 2. The normalized spacial score (nSPS) is 23.8. The van der Waals surface area contributed by atoms with Gasteiger partial charge in [-0.25, -0.2) is 0 Å². The predicted molar refractivity (Wildman–Crippen MR) is 124 cm³/mol. The van der Waals surface area contributed by atoms with Gasteiger partial charge in [-0.3, -0.25) is 24.1 Å². The first-order valence-electron chi connectivity index (χ1n) is 11.6. The second-order valence-electron chi connectivity index (χ2n) is 8.78. The maximum atomic E-state index is 13.3. The fraction of sp³-hybridized carbons (Fsp3) is 0.417. The second kappa shape index (κ2) is 14.8. The minimum absolute atomic E-state index is 0. The zero-order valence-corrected chi connectivity index (χ0v) is 26.9. The summed E-state index contributed by atoms with van der Waals surface area (Å²) >= 11 is 1.17. The third-order valence-corrected chi connectivity index (χ3v) is 7.58. The Morgan fingerprint density at radius 3 is 2.33 bits per heavy atom. The van der Waals surface area contributed by atoms with Crippen molar-refractivity contribution in [1.82, 2.24) is 15.5 Å². The molecule has 1 aromatic carbocycles. The summed E-state index contributed by atoms with van der Waals surface area (Å²) in [4.78, 5) is 74.0. The largest absolute Gasteiger partial charge is 1.00 e. The molecular formula is C24H23N3Na2O10S. The second-order valence-corrected chi connectivity index (χ2v) is 9.88. The molecule has 0 radical (unpaired) electrons. The van der Waals surface area contributed by atoms with Gasteiger partial charge in [0.15, 0.2) is 0 Å². The number of carboxylic acid groups (broad SMARTS) is 2. The van der Waals surface area contributed by atoms with Crippen molar-refractivity contribution in [3.05, 3.63) is 47.2 Å². The number of aliphatic carboxylic acids is 2. The topological polar surface area (TPSA) is 194 Å². The number of β-lactam (4-membered cyclic amide) rings is 1. The van der Waals surface area contributed by atoms with Crippen molar-refractivity contribution >= 4 is 47.4 Å². The molecule has 0 spiro atoms. The van der Waals surface area contributed by atoms with Gasteiger partial charge in [-0.2, -0.15) is 0 Å². The number of hydrogen-bond acceptors (Lipinski definition) is 11. The van der Waals surface area contributed by atoms with Crippen LogP contribution >= 0.6 is 11.8 Å². The summed E-state index contributed by atoms with van der Waals surface area (Å²) in [7, 11) is 0. The van der Waals surface area contributed by atoms with Gasteiger partial charge in [0, 0.05) is 18.2 Å². The summed E-state index contributed by atoms with van der Waals surface area (Å²) < 4.78 is 10.1. The molecule has 0 bridgehead atoms. The van der Waals surface area contributed by atoms with Crippen LogP contribution < -0.4 is 80.0 Å². The van der Waals surface area contributed by atoms with E-state index in [1.807, 2.05) is 0 Å². The standard InChI is InChI=1S/C24H25N3O10S.2Na/c1-11(28)36-9-13-10-38-22-17(21(31)27(22)18(13)24(34)35)26-20(30)16(12-5-3-2-4-6-12)25-19(29)14-7-8-15(37-14)23(32)33;;/h2-6,14-17,22H,7-10H2,1H3,(H,25,29)(H,26,30)(H,32,33)(H,34,35);;/q;2*+1/p-2/t14?,15?,16?,17-,22-;;/m1../s1. The molecule has 0 saturated carbocycles. The summed E-state index contributed by atoms with van der Waals surface area (Å²) in [5.74, 6) is -5.69. The quantitative estimate of drug-likeness (QED) is 0.157. The monoisotopic (exact) mass is 591 g/mol. The van der Waals surface area contributed by atoms with Crippen LogP contribution in [-0.2, 0) is 38.2 Å². The van der Waals surface area contributed by atoms with Crippen LogP contribution in [0, 0.1) is 0 Å². The van der Waals surface area contributed by atoms with Crippen LogP contribution in [0.15, 0.2) is 41.6 Å². The first-order chi connectivity index (χ1) is 18.1. The zero-order chi connectivity index (χ0) is 27.6. The third kappa shape index (κ3) is 7.48. The van der Waals surface area contributed by atoms with Crippen LogP contribution in [0.5, 0.6) is 0 Å². The number of fused-ring (bicyclic) bond motifs is 1. The molecule has 0 aliphatic carbocycles. The van der Waals surface area contributed by atoms with Crippen LogP contribution in [0.25, 0.3) is 0 Å². The predicted octanol–water partition coefficient (Wildman–Crippen LogP) is -8.88. The van der Waals surface area contributed by atoms with Crippen molar-refractivity contribution in [2.45, 2.75) is 49.4 Å². The van der Waals surface area contributed by atoms with Crippen molar-refractivity contribution < 1.29 is 108 Å². The number of hydrogen-bond donors (Lipinski definition) is 2. The fourth-order valence-corrected chi connectivity index (χ4v) is 5.72. The van der Waals surface area contributed by atoms with Gasteiger partial charge in [0.1, 0.15) is 30.2 Å². The van der Waals surface area contributed by atoms with Gasteiger partial charge < -0.3 is 39.9 Å². The van der Waals surface area contributed by atoms with Gasteiger partial charge in [0.25, 0.3) is 5.91 Å². The molecule has 3 amide bonds. The van der Waals surface area contributed by atoms with E-state index in [1.165, 1.54) is 18.7 Å². The van der Waals surface area contributed by atoms with Crippen LogP contribution in [0.4, 0.5) is 0 Å². The Hall–Kier alpha value is -1.91. The van der Waals surface area contributed by atoms with E-state index in [9.17, 15) is 39.0 Å². The molecule has 1 aromatic rings. The molecule has 16 heteroatoms. The first-order valence-corrected chi connectivity index (χ1v) is 12.7. The Morgan fingerprint density at radius 1 is 1.10 bits per heavy atom. The summed E-state index contributed by atoms with van der Waals surface area (Å²) in [5, 5.41) is 27.2. The van der Waals surface area contributed by atoms with E-state index in [0.717, 1.165) is 4.90 Å². The molecule has 3 unspecified atom stereocenters. The smallest absolute Gasteiger partial charge is 0.547 e. The maximum Gasteiger partial charge on any atom is 1.00 e. The number of benzene rings is 1. The Bertz CT molecular complexity index is 1210. The van der Waals surface area contributed by atoms with E-state index >= 15 is 0 Å². The Kier molecular flexibility index (Phi) is 12.7. The average Bonchev–Trinajstić information content (AvgIpc) is 3.39. The van der Waals surface area contributed by atoms with Gasteiger partial charge >= 0.3 is 65.1 Å². The number of amides is 3. The van der Waals surface area contributed by atoms with Crippen molar-refractivity contribution in [3.8, 4) is 0 Å². The molecule has 13 nitrogen and oxygen atoms in total. The Labute approximate surface area is 277 Å². The summed E-state index contributed by atoms with van der Waals surface area (Å²) in [6.45, 7) is 0.851. The fourth-order valence-electron chi connectivity index (χ4n) is 4.39.